The van der Waals surface area contributed by atoms with Gasteiger partial charge in [0.2, 0.25) is 0 Å². The number of hydrogen-bond acceptors (Lipinski definition) is 4. The molecule has 30 heavy (non-hydrogen) atoms. The van der Waals surface area contributed by atoms with Crippen LogP contribution in [0.1, 0.15) is 24.2 Å². The SMILES string of the molecule is CC(=O)Oc1c(C(C)=O)c(-c2ccccc2)c(Sc2ccccc2)c2ccccc12. The van der Waals surface area contributed by atoms with Crippen molar-refractivity contribution in [3.63, 3.8) is 0 Å². The van der Waals surface area contributed by atoms with E-state index in [1.54, 1.807) is 11.8 Å². The van der Waals surface area contributed by atoms with Crippen LogP contribution in [0.4, 0.5) is 0 Å². The van der Waals surface area contributed by atoms with Gasteiger partial charge in [0.15, 0.2) is 5.78 Å². The number of ketones is 1. The van der Waals surface area contributed by atoms with Crippen LogP contribution in [0.5, 0.6) is 5.75 Å². The van der Waals surface area contributed by atoms with Crippen molar-refractivity contribution in [2.75, 3.05) is 0 Å². The predicted octanol–water partition coefficient (Wildman–Crippen LogP) is 6.79. The molecule has 0 heterocycles. The van der Waals surface area contributed by atoms with Crippen LogP contribution < -0.4 is 4.74 Å². The highest BCUT2D eigenvalue weighted by Gasteiger charge is 2.25. The van der Waals surface area contributed by atoms with Crippen molar-refractivity contribution in [2.24, 2.45) is 0 Å². The summed E-state index contributed by atoms with van der Waals surface area (Å²) in [6, 6.07) is 27.6. The average Bonchev–Trinajstić information content (AvgIpc) is 2.76. The third-order valence-corrected chi connectivity index (χ3v) is 5.88. The van der Waals surface area contributed by atoms with E-state index in [1.165, 1.54) is 13.8 Å². The summed E-state index contributed by atoms with van der Waals surface area (Å²) in [5.41, 5.74) is 2.11. The van der Waals surface area contributed by atoms with E-state index in [1.807, 2.05) is 84.9 Å². The molecule has 0 unspecified atom stereocenters. The van der Waals surface area contributed by atoms with Crippen molar-refractivity contribution >= 4 is 34.3 Å². The molecule has 0 aliphatic rings. The summed E-state index contributed by atoms with van der Waals surface area (Å²) >= 11 is 1.60. The maximum atomic E-state index is 12.9. The van der Waals surface area contributed by atoms with Gasteiger partial charge in [-0.15, -0.1) is 0 Å². The van der Waals surface area contributed by atoms with Gasteiger partial charge in [-0.25, -0.2) is 0 Å². The summed E-state index contributed by atoms with van der Waals surface area (Å²) in [6.07, 6.45) is 0. The minimum atomic E-state index is -0.454. The molecular weight excluding hydrogens is 392 g/mol. The lowest BCUT2D eigenvalue weighted by atomic mass is 9.92. The Morgan fingerprint density at radius 1 is 0.733 bits per heavy atom. The summed E-state index contributed by atoms with van der Waals surface area (Å²) in [6.45, 7) is 2.87. The minimum Gasteiger partial charge on any atom is -0.425 e. The summed E-state index contributed by atoms with van der Waals surface area (Å²) in [4.78, 5) is 26.8. The summed E-state index contributed by atoms with van der Waals surface area (Å²) in [5, 5.41) is 1.68. The van der Waals surface area contributed by atoms with Crippen LogP contribution in [0.2, 0.25) is 0 Å². The summed E-state index contributed by atoms with van der Waals surface area (Å²) in [5.74, 6) is -0.280. The average molecular weight is 413 g/mol. The fourth-order valence-corrected chi connectivity index (χ4v) is 4.69. The molecule has 4 heteroatoms. The fraction of sp³-hybridized carbons (Fsp3) is 0.0769. The standard InChI is InChI=1S/C26H20O3S/c1-17(27)23-24(19-11-5-3-6-12-19)26(30-20-13-7-4-8-14-20)22-16-10-9-15-21(22)25(23)29-18(2)28/h3-16H,1-2H3. The maximum absolute atomic E-state index is 12.9. The molecule has 0 saturated carbocycles. The number of carbonyl (C=O) groups is 2. The quantitative estimate of drug-likeness (QED) is 0.206. The minimum absolute atomic E-state index is 0.147. The van der Waals surface area contributed by atoms with E-state index >= 15 is 0 Å². The van der Waals surface area contributed by atoms with E-state index < -0.39 is 5.97 Å². The number of fused-ring (bicyclic) bond motifs is 1. The third-order valence-electron chi connectivity index (χ3n) is 4.74. The molecule has 4 aromatic rings. The van der Waals surface area contributed by atoms with Crippen LogP contribution in [-0.4, -0.2) is 11.8 Å². The Morgan fingerprint density at radius 2 is 1.30 bits per heavy atom. The van der Waals surface area contributed by atoms with Gasteiger partial charge in [-0.05, 0) is 24.6 Å². The van der Waals surface area contributed by atoms with E-state index in [2.05, 4.69) is 0 Å². The predicted molar refractivity (Wildman–Crippen MR) is 121 cm³/mol. The molecule has 4 rings (SSSR count). The van der Waals surface area contributed by atoms with E-state index in [-0.39, 0.29) is 5.78 Å². The second kappa shape index (κ2) is 8.56. The Labute approximate surface area is 179 Å². The number of carbonyl (C=O) groups excluding carboxylic acids is 2. The molecule has 0 radical (unpaired) electrons. The number of hydrogen-bond donors (Lipinski definition) is 0. The van der Waals surface area contributed by atoms with Gasteiger partial charge in [0.1, 0.15) is 5.75 Å². The number of benzene rings is 4. The molecule has 3 nitrogen and oxygen atoms in total. The highest BCUT2D eigenvalue weighted by atomic mass is 32.2. The highest BCUT2D eigenvalue weighted by Crippen LogP contribution is 2.48. The number of rotatable bonds is 5. The van der Waals surface area contributed by atoms with E-state index in [0.29, 0.717) is 11.3 Å². The van der Waals surface area contributed by atoms with E-state index in [4.69, 9.17) is 4.74 Å². The third kappa shape index (κ3) is 3.87. The normalized spacial score (nSPS) is 10.7. The molecule has 0 spiro atoms. The highest BCUT2D eigenvalue weighted by molar-refractivity contribution is 7.99. The molecule has 0 aliphatic carbocycles. The summed E-state index contributed by atoms with van der Waals surface area (Å²) < 4.78 is 5.62. The van der Waals surface area contributed by atoms with Crippen molar-refractivity contribution in [1.82, 2.24) is 0 Å². The van der Waals surface area contributed by atoms with Crippen molar-refractivity contribution in [3.8, 4) is 16.9 Å². The first kappa shape index (κ1) is 19.9. The molecule has 0 atom stereocenters. The van der Waals surface area contributed by atoms with Gasteiger partial charge in [-0.1, -0.05) is 84.6 Å². The molecule has 0 N–H and O–H groups in total. The Hall–Kier alpha value is -3.37. The van der Waals surface area contributed by atoms with Gasteiger partial charge < -0.3 is 4.74 Å². The number of esters is 1. The van der Waals surface area contributed by atoms with Gasteiger partial charge in [0.05, 0.1) is 5.56 Å². The fourth-order valence-electron chi connectivity index (χ4n) is 3.55. The molecule has 0 aliphatic heterocycles. The van der Waals surface area contributed by atoms with Gasteiger partial charge in [-0.2, -0.15) is 0 Å². The first-order valence-electron chi connectivity index (χ1n) is 9.62. The van der Waals surface area contributed by atoms with E-state index in [0.717, 1.165) is 31.7 Å². The molecule has 0 saturated heterocycles. The zero-order chi connectivity index (χ0) is 21.1. The van der Waals surface area contributed by atoms with Gasteiger partial charge in [0, 0.05) is 33.1 Å². The number of ether oxygens (including phenoxy) is 1. The molecule has 0 fully saturated rings. The molecule has 0 bridgehead atoms. The first-order valence-corrected chi connectivity index (χ1v) is 10.4. The van der Waals surface area contributed by atoms with Crippen LogP contribution >= 0.6 is 11.8 Å². The Bertz CT molecular complexity index is 1230. The van der Waals surface area contributed by atoms with E-state index in [9.17, 15) is 9.59 Å². The summed E-state index contributed by atoms with van der Waals surface area (Å²) in [7, 11) is 0. The zero-order valence-electron chi connectivity index (χ0n) is 16.7. The second-order valence-electron chi connectivity index (χ2n) is 6.88. The lowest BCUT2D eigenvalue weighted by molar-refractivity contribution is -0.131. The van der Waals surface area contributed by atoms with Gasteiger partial charge in [-0.3, -0.25) is 9.59 Å². The molecule has 0 aromatic heterocycles. The monoisotopic (exact) mass is 412 g/mol. The number of Topliss-reactive ketones (excluding diaryl/α,β-unsaturated/α-hetero) is 1. The van der Waals surface area contributed by atoms with Crippen LogP contribution in [-0.2, 0) is 4.79 Å². The Kier molecular flexibility index (Phi) is 5.68. The Morgan fingerprint density at radius 3 is 1.90 bits per heavy atom. The van der Waals surface area contributed by atoms with Crippen molar-refractivity contribution < 1.29 is 14.3 Å². The van der Waals surface area contributed by atoms with Crippen LogP contribution in [0, 0.1) is 0 Å². The van der Waals surface area contributed by atoms with Gasteiger partial charge in [0.25, 0.3) is 0 Å². The lowest BCUT2D eigenvalue weighted by Crippen LogP contribution is -2.09. The van der Waals surface area contributed by atoms with Crippen molar-refractivity contribution in [3.05, 3.63) is 90.5 Å². The molecule has 0 amide bonds. The van der Waals surface area contributed by atoms with Crippen molar-refractivity contribution in [2.45, 2.75) is 23.6 Å². The largest absolute Gasteiger partial charge is 0.425 e. The van der Waals surface area contributed by atoms with Crippen molar-refractivity contribution in [1.29, 1.82) is 0 Å². The van der Waals surface area contributed by atoms with Crippen LogP contribution in [0.25, 0.3) is 21.9 Å². The zero-order valence-corrected chi connectivity index (χ0v) is 17.5. The Balaban J connectivity index is 2.14. The molecular formula is C26H20O3S. The molecule has 4 aromatic carbocycles. The lowest BCUT2D eigenvalue weighted by Gasteiger charge is -2.20. The molecule has 148 valence electrons. The van der Waals surface area contributed by atoms with Crippen LogP contribution in [0.15, 0.2) is 94.7 Å². The van der Waals surface area contributed by atoms with Gasteiger partial charge >= 0.3 is 5.97 Å². The second-order valence-corrected chi connectivity index (χ2v) is 7.97. The van der Waals surface area contributed by atoms with Crippen LogP contribution in [0.3, 0.4) is 0 Å². The maximum Gasteiger partial charge on any atom is 0.308 e. The topological polar surface area (TPSA) is 43.4 Å². The smallest absolute Gasteiger partial charge is 0.308 e. The first-order chi connectivity index (χ1) is 14.6.